The molecule has 0 bridgehead atoms. The lowest BCUT2D eigenvalue weighted by atomic mass is 9.90. The average molecular weight is 366 g/mol. The number of H-pyrrole nitrogens is 1. The van der Waals surface area contributed by atoms with E-state index in [1.54, 1.807) is 24.3 Å². The lowest BCUT2D eigenvalue weighted by Crippen LogP contribution is -2.55. The number of aliphatic carboxylic acids is 1. The van der Waals surface area contributed by atoms with Gasteiger partial charge in [0.15, 0.2) is 0 Å². The molecule has 8 N–H and O–H groups in total. The number of fused-ring (bicyclic) bond motifs is 1. The number of nitrogens with one attached hydrogen (secondary N) is 1. The summed E-state index contributed by atoms with van der Waals surface area (Å²) >= 11 is 0. The van der Waals surface area contributed by atoms with Gasteiger partial charge >= 0.3 is 5.97 Å². The molecule has 6 atom stereocenters. The third-order valence-electron chi connectivity index (χ3n) is 4.76. The number of benzene rings is 1. The van der Waals surface area contributed by atoms with Crippen molar-refractivity contribution in [2.45, 2.75) is 43.0 Å². The van der Waals surface area contributed by atoms with Crippen molar-refractivity contribution in [1.29, 1.82) is 0 Å². The minimum absolute atomic E-state index is 0.0241. The van der Waals surface area contributed by atoms with Crippen LogP contribution < -0.4 is 5.73 Å². The van der Waals surface area contributed by atoms with Crippen molar-refractivity contribution in [3.05, 3.63) is 35.5 Å². The van der Waals surface area contributed by atoms with E-state index in [2.05, 4.69) is 4.98 Å². The van der Waals surface area contributed by atoms with Gasteiger partial charge in [-0.25, -0.2) is 0 Å². The summed E-state index contributed by atoms with van der Waals surface area (Å²) in [7, 11) is 0. The second-order valence-corrected chi connectivity index (χ2v) is 6.46. The zero-order valence-electron chi connectivity index (χ0n) is 13.8. The number of para-hydroxylation sites is 1. The van der Waals surface area contributed by atoms with E-state index in [4.69, 9.17) is 15.6 Å². The van der Waals surface area contributed by atoms with Crippen LogP contribution in [-0.4, -0.2) is 73.6 Å². The van der Waals surface area contributed by atoms with Gasteiger partial charge in [-0.15, -0.1) is 0 Å². The number of aromatic nitrogens is 1. The van der Waals surface area contributed by atoms with Crippen LogP contribution in [0, 0.1) is 0 Å². The molecule has 1 aromatic carbocycles. The summed E-state index contributed by atoms with van der Waals surface area (Å²) in [6.07, 6.45) is -6.65. The van der Waals surface area contributed by atoms with Gasteiger partial charge < -0.3 is 41.0 Å². The monoisotopic (exact) mass is 366 g/mol. The van der Waals surface area contributed by atoms with Gasteiger partial charge in [-0.05, 0) is 11.6 Å². The predicted octanol–water partition coefficient (Wildman–Crippen LogP) is -1.36. The van der Waals surface area contributed by atoms with E-state index in [1.165, 1.54) is 0 Å². The first-order valence-corrected chi connectivity index (χ1v) is 8.23. The van der Waals surface area contributed by atoms with Crippen LogP contribution in [0.1, 0.15) is 17.4 Å². The molecule has 26 heavy (non-hydrogen) atoms. The highest BCUT2D eigenvalue weighted by molar-refractivity contribution is 5.86. The fourth-order valence-electron chi connectivity index (χ4n) is 3.33. The molecule has 9 heteroatoms. The number of ether oxygens (including phenoxy) is 1. The summed E-state index contributed by atoms with van der Waals surface area (Å²) < 4.78 is 5.60. The maximum Gasteiger partial charge on any atom is 0.320 e. The lowest BCUT2D eigenvalue weighted by molar-refractivity contribution is -0.232. The van der Waals surface area contributed by atoms with Crippen LogP contribution in [0.5, 0.6) is 0 Å². The Hall–Kier alpha value is -2.01. The van der Waals surface area contributed by atoms with Crippen molar-refractivity contribution in [3.63, 3.8) is 0 Å². The van der Waals surface area contributed by atoms with E-state index in [9.17, 15) is 25.2 Å². The Morgan fingerprint density at radius 2 is 1.88 bits per heavy atom. The zero-order valence-corrected chi connectivity index (χ0v) is 13.8. The number of nitrogens with two attached hydrogens (primary N) is 1. The molecule has 2 heterocycles. The van der Waals surface area contributed by atoms with Crippen molar-refractivity contribution in [3.8, 4) is 0 Å². The van der Waals surface area contributed by atoms with E-state index in [0.717, 1.165) is 5.39 Å². The number of carbonyl (C=O) groups is 1. The fraction of sp³-hybridized carbons (Fsp3) is 0.471. The van der Waals surface area contributed by atoms with Gasteiger partial charge in [-0.3, -0.25) is 4.79 Å². The second kappa shape index (κ2) is 7.31. The number of carboxylic acid groups (broad SMARTS) is 1. The largest absolute Gasteiger partial charge is 0.480 e. The molecule has 0 saturated carbocycles. The second-order valence-electron chi connectivity index (χ2n) is 6.46. The van der Waals surface area contributed by atoms with Crippen molar-refractivity contribution >= 4 is 16.9 Å². The van der Waals surface area contributed by atoms with Crippen LogP contribution >= 0.6 is 0 Å². The molecule has 1 saturated heterocycles. The van der Waals surface area contributed by atoms with Gasteiger partial charge in [0.1, 0.15) is 36.6 Å². The molecule has 0 aliphatic carbocycles. The summed E-state index contributed by atoms with van der Waals surface area (Å²) in [6, 6.07) is 5.96. The van der Waals surface area contributed by atoms with Crippen LogP contribution in [0.3, 0.4) is 0 Å². The van der Waals surface area contributed by atoms with Crippen molar-refractivity contribution < 1.29 is 35.1 Å². The Morgan fingerprint density at radius 1 is 1.19 bits per heavy atom. The molecule has 142 valence electrons. The minimum atomic E-state index is -1.53. The average Bonchev–Trinajstić information content (AvgIpc) is 2.98. The maximum absolute atomic E-state index is 11.2. The molecule has 9 nitrogen and oxygen atoms in total. The number of hydrogen-bond donors (Lipinski definition) is 7. The molecule has 1 unspecified atom stereocenters. The summed E-state index contributed by atoms with van der Waals surface area (Å²) in [5.41, 5.74) is 7.28. The molecular weight excluding hydrogens is 344 g/mol. The third kappa shape index (κ3) is 3.20. The summed E-state index contributed by atoms with van der Waals surface area (Å²) in [4.78, 5) is 14.3. The summed E-state index contributed by atoms with van der Waals surface area (Å²) in [6.45, 7) is -0.550. The van der Waals surface area contributed by atoms with Gasteiger partial charge in [0.05, 0.1) is 12.3 Å². The topological polar surface area (TPSA) is 169 Å². The Kier molecular flexibility index (Phi) is 5.28. The third-order valence-corrected chi connectivity index (χ3v) is 4.76. The highest BCUT2D eigenvalue weighted by Gasteiger charge is 2.45. The van der Waals surface area contributed by atoms with Crippen molar-refractivity contribution in [1.82, 2.24) is 4.98 Å². The lowest BCUT2D eigenvalue weighted by Gasteiger charge is -2.40. The molecule has 1 fully saturated rings. The van der Waals surface area contributed by atoms with Crippen LogP contribution in [0.4, 0.5) is 0 Å². The van der Waals surface area contributed by atoms with Gasteiger partial charge in [0.25, 0.3) is 0 Å². The number of aliphatic hydroxyl groups is 4. The van der Waals surface area contributed by atoms with Gasteiger partial charge in [-0.2, -0.15) is 0 Å². The molecule has 0 spiro atoms. The van der Waals surface area contributed by atoms with Crippen molar-refractivity contribution in [2.75, 3.05) is 6.61 Å². The van der Waals surface area contributed by atoms with E-state index < -0.39 is 49.1 Å². The van der Waals surface area contributed by atoms with Crippen LogP contribution in [0.15, 0.2) is 24.3 Å². The van der Waals surface area contributed by atoms with Gasteiger partial charge in [0.2, 0.25) is 0 Å². The van der Waals surface area contributed by atoms with Gasteiger partial charge in [0, 0.05) is 17.3 Å². The van der Waals surface area contributed by atoms with Crippen LogP contribution in [-0.2, 0) is 16.0 Å². The summed E-state index contributed by atoms with van der Waals surface area (Å²) in [5.74, 6) is -1.17. The highest BCUT2D eigenvalue weighted by Crippen LogP contribution is 2.36. The Balaban J connectivity index is 2.07. The molecule has 0 amide bonds. The minimum Gasteiger partial charge on any atom is -0.480 e. The SMILES string of the molecule is N[C@@H](Cc1c(C2O[C@H](CO)[C@@H](O)[C@H](O)[C@@H]2O)[nH]c2ccccc12)C(=O)O. The maximum atomic E-state index is 11.2. The number of aromatic amines is 1. The van der Waals surface area contributed by atoms with E-state index in [1.807, 2.05) is 0 Å². The van der Waals surface area contributed by atoms with Crippen LogP contribution in [0.2, 0.25) is 0 Å². The molecule has 3 rings (SSSR count). The number of aliphatic hydroxyl groups excluding tert-OH is 4. The molecule has 1 aliphatic heterocycles. The first kappa shape index (κ1) is 18.8. The van der Waals surface area contributed by atoms with E-state index in [0.29, 0.717) is 16.8 Å². The molecule has 1 aromatic heterocycles. The highest BCUT2D eigenvalue weighted by atomic mass is 16.5. The van der Waals surface area contributed by atoms with E-state index in [-0.39, 0.29) is 6.42 Å². The quantitative estimate of drug-likeness (QED) is 0.340. The molecule has 1 aliphatic rings. The number of carboxylic acids is 1. The Bertz CT molecular complexity index is 791. The molecule has 2 aromatic rings. The standard InChI is InChI=1S/C17H22N2O7/c18-9(17(24)25)5-8-7-3-1-2-4-10(7)19-12(8)16-15(23)14(22)13(21)11(6-20)26-16/h1-4,9,11,13-16,19-23H,5-6,18H2,(H,24,25)/t9-,11+,13+,14-,15-,16?/m0/s1. The van der Waals surface area contributed by atoms with Gasteiger partial charge in [-0.1, -0.05) is 18.2 Å². The predicted molar refractivity (Wildman–Crippen MR) is 90.3 cm³/mol. The first-order chi connectivity index (χ1) is 12.3. The fourth-order valence-corrected chi connectivity index (χ4v) is 3.33. The first-order valence-electron chi connectivity index (χ1n) is 8.23. The van der Waals surface area contributed by atoms with Crippen LogP contribution in [0.25, 0.3) is 10.9 Å². The summed E-state index contributed by atoms with van der Waals surface area (Å²) in [5, 5.41) is 49.6. The normalized spacial score (nSPS) is 30.4. The molecule has 0 radical (unpaired) electrons. The number of rotatable bonds is 5. The molecular formula is C17H22N2O7. The van der Waals surface area contributed by atoms with E-state index >= 15 is 0 Å². The zero-order chi connectivity index (χ0) is 19.0. The number of hydrogen-bond acceptors (Lipinski definition) is 7. The Labute approximate surface area is 148 Å². The van der Waals surface area contributed by atoms with Crippen molar-refractivity contribution in [2.24, 2.45) is 5.73 Å². The smallest absolute Gasteiger partial charge is 0.320 e. The Morgan fingerprint density at radius 3 is 2.54 bits per heavy atom.